The highest BCUT2D eigenvalue weighted by atomic mass is 79.9. The molecule has 0 bridgehead atoms. The minimum atomic E-state index is -0.973. The fraction of sp³-hybridized carbons (Fsp3) is 0.327. The molecule has 6 rings (SSSR count). The van der Waals surface area contributed by atoms with Crippen molar-refractivity contribution in [1.29, 1.82) is 0 Å². The Kier molecular flexibility index (Phi) is 19.5. The first-order valence-electron chi connectivity index (χ1n) is 20.1. The van der Waals surface area contributed by atoms with Crippen molar-refractivity contribution < 1.29 is 14.7 Å². The summed E-state index contributed by atoms with van der Waals surface area (Å²) in [6.07, 6.45) is 6.41. The smallest absolute Gasteiger partial charge is 0.326 e. The van der Waals surface area contributed by atoms with E-state index < -0.39 is 12.0 Å². The topological polar surface area (TPSA) is 89.0 Å². The molecule has 4 aromatic carbocycles. The first-order chi connectivity index (χ1) is 28.3. The molecule has 2 atom stereocenters. The molecule has 5 aromatic rings. The second kappa shape index (κ2) is 24.4. The number of nitrogens with one attached hydrogen (secondary N) is 1. The number of carbonyl (C=O) groups excluding carboxylic acids is 1. The first kappa shape index (κ1) is 47.0. The van der Waals surface area contributed by atoms with Crippen LogP contribution < -0.4 is 5.32 Å². The molecular weight excluding hydrogens is 822 g/mol. The zero-order chi connectivity index (χ0) is 42.7. The van der Waals surface area contributed by atoms with Gasteiger partial charge in [-0.15, -0.1) is 0 Å². The molecule has 0 aliphatic carbocycles. The van der Waals surface area contributed by atoms with Crippen molar-refractivity contribution in [1.82, 2.24) is 25.0 Å². The van der Waals surface area contributed by atoms with Crippen LogP contribution in [0, 0.1) is 12.8 Å². The molecule has 2 unspecified atom stereocenters. The van der Waals surface area contributed by atoms with E-state index in [1.54, 1.807) is 6.20 Å². The number of benzene rings is 4. The molecule has 312 valence electrons. The number of aromatic nitrogens is 1. The predicted molar refractivity (Wildman–Crippen MR) is 246 cm³/mol. The molecule has 1 aliphatic rings. The van der Waals surface area contributed by atoms with Gasteiger partial charge in [0.05, 0.1) is 6.04 Å². The third kappa shape index (κ3) is 16.5. The lowest BCUT2D eigenvalue weighted by atomic mass is 9.96. The van der Waals surface area contributed by atoms with Crippen LogP contribution in [0.25, 0.3) is 5.57 Å². The van der Waals surface area contributed by atoms with Gasteiger partial charge in [-0.3, -0.25) is 19.6 Å². The molecular formula is C49H59BrClN5O3. The van der Waals surface area contributed by atoms with E-state index in [1.165, 1.54) is 40.3 Å². The number of rotatable bonds is 13. The van der Waals surface area contributed by atoms with Crippen LogP contribution in [0.1, 0.15) is 66.6 Å². The maximum atomic E-state index is 10.6. The van der Waals surface area contributed by atoms with Crippen LogP contribution >= 0.6 is 27.5 Å². The van der Waals surface area contributed by atoms with Crippen LogP contribution in [-0.4, -0.2) is 89.5 Å². The summed E-state index contributed by atoms with van der Waals surface area (Å²) in [7, 11) is 4.14. The summed E-state index contributed by atoms with van der Waals surface area (Å²) in [4.78, 5) is 32.6. The molecule has 2 heterocycles. The fourth-order valence-corrected chi connectivity index (χ4v) is 7.30. The van der Waals surface area contributed by atoms with Gasteiger partial charge in [0.15, 0.2) is 0 Å². The van der Waals surface area contributed by atoms with E-state index in [4.69, 9.17) is 16.7 Å². The number of likely N-dealkylation sites (N-methyl/N-ethyl adjacent to an activating group) is 1. The quantitative estimate of drug-likeness (QED) is 0.122. The lowest BCUT2D eigenvalue weighted by molar-refractivity contribution is -0.142. The first-order valence-corrected chi connectivity index (χ1v) is 21.3. The molecule has 1 aliphatic heterocycles. The van der Waals surface area contributed by atoms with Gasteiger partial charge in [-0.25, -0.2) is 4.79 Å². The van der Waals surface area contributed by atoms with Gasteiger partial charge in [-0.2, -0.15) is 0 Å². The Morgan fingerprint density at radius 3 is 2.08 bits per heavy atom. The van der Waals surface area contributed by atoms with Gasteiger partial charge in [0, 0.05) is 73.6 Å². The summed E-state index contributed by atoms with van der Waals surface area (Å²) in [5.74, 6) is -1.01. The van der Waals surface area contributed by atoms with Crippen molar-refractivity contribution in [2.24, 2.45) is 5.92 Å². The van der Waals surface area contributed by atoms with Crippen LogP contribution in [0.15, 0.2) is 138 Å². The van der Waals surface area contributed by atoms with Crippen LogP contribution in [0.4, 0.5) is 0 Å². The van der Waals surface area contributed by atoms with Crippen molar-refractivity contribution in [3.8, 4) is 0 Å². The van der Waals surface area contributed by atoms with E-state index in [1.807, 2.05) is 38.2 Å². The summed E-state index contributed by atoms with van der Waals surface area (Å²) in [6, 6.07) is 40.0. The molecule has 59 heavy (non-hydrogen) atoms. The fourth-order valence-electron chi connectivity index (χ4n) is 6.91. The number of hydrogen-bond acceptors (Lipinski definition) is 6. The second-order valence-corrected chi connectivity index (χ2v) is 16.9. The Bertz CT molecular complexity index is 2040. The molecule has 0 spiro atoms. The van der Waals surface area contributed by atoms with Crippen LogP contribution in [0.3, 0.4) is 0 Å². The zero-order valence-electron chi connectivity index (χ0n) is 35.2. The van der Waals surface area contributed by atoms with Crippen LogP contribution in [0.2, 0.25) is 5.02 Å². The van der Waals surface area contributed by atoms with Gasteiger partial charge >= 0.3 is 5.97 Å². The molecule has 1 aromatic heterocycles. The van der Waals surface area contributed by atoms with Crippen molar-refractivity contribution in [2.75, 3.05) is 46.8 Å². The Hall–Kier alpha value is -4.64. The highest BCUT2D eigenvalue weighted by molar-refractivity contribution is 9.10. The van der Waals surface area contributed by atoms with E-state index in [0.29, 0.717) is 6.42 Å². The number of pyridine rings is 1. The Balaban J connectivity index is 0.000000215. The number of amides is 1. The summed E-state index contributed by atoms with van der Waals surface area (Å²) >= 11 is 9.61. The summed E-state index contributed by atoms with van der Waals surface area (Å²) < 4.78 is 1.09. The number of nitrogens with zero attached hydrogens (tertiary/aromatic N) is 4. The van der Waals surface area contributed by atoms with E-state index in [2.05, 4.69) is 165 Å². The lowest BCUT2D eigenvalue weighted by Crippen LogP contribution is -2.47. The number of carboxylic acid groups (broad SMARTS) is 1. The normalized spacial score (nSPS) is 14.4. The van der Waals surface area contributed by atoms with E-state index in [-0.39, 0.29) is 17.9 Å². The maximum Gasteiger partial charge on any atom is 0.326 e. The second-order valence-electron chi connectivity index (χ2n) is 15.5. The SMILES string of the molecule is CC(=O)NC(CC(C)C)C(=O)O.CN(C)C/C=C(/c1ccc(Br)cc1)c1cccnc1.Cc1cccc(CN2CCN(C(c3ccccc3)c3ccc(Cl)cc3)CC2)c1. The molecule has 1 fully saturated rings. The van der Waals surface area contributed by atoms with E-state index in [9.17, 15) is 9.59 Å². The van der Waals surface area contributed by atoms with Gasteiger partial charge in [-0.05, 0) is 91.5 Å². The third-order valence-corrected chi connectivity index (χ3v) is 10.5. The van der Waals surface area contributed by atoms with Crippen LogP contribution in [-0.2, 0) is 16.1 Å². The Morgan fingerprint density at radius 2 is 1.53 bits per heavy atom. The van der Waals surface area contributed by atoms with Gasteiger partial charge < -0.3 is 15.3 Å². The van der Waals surface area contributed by atoms with Gasteiger partial charge in [0.2, 0.25) is 5.91 Å². The average Bonchev–Trinajstić information content (AvgIpc) is 3.21. The molecule has 2 N–H and O–H groups in total. The molecule has 1 amide bonds. The highest BCUT2D eigenvalue weighted by Gasteiger charge is 2.26. The minimum absolute atomic E-state index is 0.262. The summed E-state index contributed by atoms with van der Waals surface area (Å²) in [6.45, 7) is 13.5. The Morgan fingerprint density at radius 1 is 0.864 bits per heavy atom. The lowest BCUT2D eigenvalue weighted by Gasteiger charge is -2.40. The average molecular weight is 881 g/mol. The number of carbonyl (C=O) groups is 2. The third-order valence-electron chi connectivity index (χ3n) is 9.73. The van der Waals surface area contributed by atoms with E-state index in [0.717, 1.165) is 54.3 Å². The Labute approximate surface area is 365 Å². The van der Waals surface area contributed by atoms with Gasteiger partial charge in [0.1, 0.15) is 6.04 Å². The number of aryl methyl sites for hydroxylation is 1. The standard InChI is InChI=1S/C25H27ClN2.C16H17BrN2.C8H15NO3/c1-20-6-5-7-21(18-20)19-27-14-16-28(17-15-27)25(22-8-3-2-4-9-22)23-10-12-24(26)13-11-23;1-19(2)11-9-16(14-4-3-10-18-12-14)13-5-7-15(17)8-6-13;1-5(2)4-7(8(11)12)9-6(3)10/h2-13,18,25H,14-17,19H2,1H3;3-10,12H,11H2,1-2H3;5,7H,4H2,1-3H3,(H,9,10)(H,11,12)/b;16-9-;. The number of carboxylic acids is 1. The molecule has 1 saturated heterocycles. The largest absolute Gasteiger partial charge is 0.480 e. The number of piperazine rings is 1. The maximum absolute atomic E-state index is 10.6. The summed E-state index contributed by atoms with van der Waals surface area (Å²) in [5.41, 5.74) is 8.97. The van der Waals surface area contributed by atoms with Crippen molar-refractivity contribution in [3.63, 3.8) is 0 Å². The highest BCUT2D eigenvalue weighted by Crippen LogP contribution is 2.31. The predicted octanol–water partition coefficient (Wildman–Crippen LogP) is 10.0. The zero-order valence-corrected chi connectivity index (χ0v) is 37.5. The molecule has 10 heteroatoms. The van der Waals surface area contributed by atoms with Gasteiger partial charge in [-0.1, -0.05) is 138 Å². The van der Waals surface area contributed by atoms with Crippen molar-refractivity contribution in [3.05, 3.63) is 177 Å². The number of aliphatic carboxylic acids is 1. The summed E-state index contributed by atoms with van der Waals surface area (Å²) in [5, 5.41) is 11.8. The minimum Gasteiger partial charge on any atom is -0.480 e. The molecule has 8 nitrogen and oxygen atoms in total. The monoisotopic (exact) mass is 879 g/mol. The van der Waals surface area contributed by atoms with E-state index >= 15 is 0 Å². The van der Waals surface area contributed by atoms with Crippen molar-refractivity contribution in [2.45, 2.75) is 52.7 Å². The van der Waals surface area contributed by atoms with Gasteiger partial charge in [0.25, 0.3) is 0 Å². The van der Waals surface area contributed by atoms with Crippen LogP contribution in [0.5, 0.6) is 0 Å². The molecule has 0 radical (unpaired) electrons. The van der Waals surface area contributed by atoms with Crippen molar-refractivity contribution >= 4 is 45.0 Å². The number of hydrogen-bond donors (Lipinski definition) is 2. The number of halogens is 2. The molecule has 0 saturated carbocycles.